The summed E-state index contributed by atoms with van der Waals surface area (Å²) in [5, 5.41) is 3.43. The highest BCUT2D eigenvalue weighted by Gasteiger charge is 2.07. The van der Waals surface area contributed by atoms with E-state index in [1.807, 2.05) is 6.92 Å². The zero-order valence-corrected chi connectivity index (χ0v) is 10.2. The van der Waals surface area contributed by atoms with Crippen LogP contribution in [0.5, 0.6) is 0 Å². The van der Waals surface area contributed by atoms with Crippen molar-refractivity contribution < 1.29 is 4.39 Å². The zero-order chi connectivity index (χ0) is 12.4. The fourth-order valence-electron chi connectivity index (χ4n) is 1.41. The van der Waals surface area contributed by atoms with E-state index < -0.39 is 0 Å². The number of hydrogen-bond acceptors (Lipinski definition) is 3. The predicted octanol–water partition coefficient (Wildman–Crippen LogP) is 3.63. The highest BCUT2D eigenvalue weighted by molar-refractivity contribution is 6.30. The molecule has 1 aromatic heterocycles. The van der Waals surface area contributed by atoms with Gasteiger partial charge in [-0.1, -0.05) is 17.7 Å². The third-order valence-electron chi connectivity index (χ3n) is 2.48. The number of nitrogens with zero attached hydrogens (tertiary/aromatic N) is 2. The molecule has 0 radical (unpaired) electrons. The molecule has 0 saturated heterocycles. The molecule has 0 bridgehead atoms. The van der Waals surface area contributed by atoms with E-state index >= 15 is 0 Å². The van der Waals surface area contributed by atoms with Crippen LogP contribution in [0, 0.1) is 19.7 Å². The van der Waals surface area contributed by atoms with E-state index in [0.717, 1.165) is 11.1 Å². The highest BCUT2D eigenvalue weighted by atomic mass is 35.5. The molecule has 0 fully saturated rings. The van der Waals surface area contributed by atoms with Gasteiger partial charge in [0, 0.05) is 11.3 Å². The third kappa shape index (κ3) is 2.53. The van der Waals surface area contributed by atoms with Gasteiger partial charge in [-0.25, -0.2) is 14.4 Å². The number of nitrogens with one attached hydrogen (secondary N) is 1. The first-order valence-electron chi connectivity index (χ1n) is 5.08. The minimum Gasteiger partial charge on any atom is -0.340 e. The normalized spacial score (nSPS) is 10.4. The lowest BCUT2D eigenvalue weighted by Gasteiger charge is -2.11. The van der Waals surface area contributed by atoms with Crippen molar-refractivity contribution >= 4 is 23.1 Å². The van der Waals surface area contributed by atoms with Crippen LogP contribution in [0.3, 0.4) is 0 Å². The summed E-state index contributed by atoms with van der Waals surface area (Å²) in [7, 11) is 0. The van der Waals surface area contributed by atoms with Crippen LogP contribution >= 0.6 is 11.6 Å². The molecule has 0 unspecified atom stereocenters. The Balaban J connectivity index is 2.38. The average Bonchev–Trinajstić information content (AvgIpc) is 2.30. The minimum absolute atomic E-state index is 0.295. The number of benzene rings is 1. The van der Waals surface area contributed by atoms with E-state index in [1.165, 1.54) is 18.5 Å². The standard InChI is InChI=1S/C12H11ClFN3/c1-7-3-4-9(14)5-10(7)17-12-8(2)11(13)15-6-16-12/h3-6H,1-2H3,(H,15,16,17). The van der Waals surface area contributed by atoms with Crippen LogP contribution < -0.4 is 5.32 Å². The molecule has 0 spiro atoms. The molecule has 0 atom stereocenters. The van der Waals surface area contributed by atoms with Gasteiger partial charge in [-0.15, -0.1) is 0 Å². The molecular weight excluding hydrogens is 241 g/mol. The molecule has 0 aliphatic carbocycles. The van der Waals surface area contributed by atoms with E-state index in [1.54, 1.807) is 13.0 Å². The Morgan fingerprint density at radius 1 is 1.24 bits per heavy atom. The van der Waals surface area contributed by atoms with Gasteiger partial charge in [-0.3, -0.25) is 0 Å². The lowest BCUT2D eigenvalue weighted by Crippen LogP contribution is -2.00. The van der Waals surface area contributed by atoms with Crippen LogP contribution in [-0.4, -0.2) is 9.97 Å². The molecule has 5 heteroatoms. The summed E-state index contributed by atoms with van der Waals surface area (Å²) >= 11 is 5.89. The summed E-state index contributed by atoms with van der Waals surface area (Å²) in [5.74, 6) is 0.287. The molecule has 2 rings (SSSR count). The zero-order valence-electron chi connectivity index (χ0n) is 9.46. The summed E-state index contributed by atoms with van der Waals surface area (Å²) in [6.45, 7) is 3.69. The molecule has 1 aromatic carbocycles. The molecule has 1 heterocycles. The number of hydrogen-bond donors (Lipinski definition) is 1. The minimum atomic E-state index is -0.295. The molecule has 0 aliphatic heterocycles. The Bertz CT molecular complexity index is 557. The van der Waals surface area contributed by atoms with Crippen LogP contribution in [0.4, 0.5) is 15.9 Å². The quantitative estimate of drug-likeness (QED) is 0.829. The van der Waals surface area contributed by atoms with Gasteiger partial charge >= 0.3 is 0 Å². The van der Waals surface area contributed by atoms with E-state index in [0.29, 0.717) is 16.7 Å². The van der Waals surface area contributed by atoms with Crippen LogP contribution in [0.15, 0.2) is 24.5 Å². The smallest absolute Gasteiger partial charge is 0.138 e. The second kappa shape index (κ2) is 4.67. The Morgan fingerprint density at radius 3 is 2.76 bits per heavy atom. The summed E-state index contributed by atoms with van der Waals surface area (Å²) in [6, 6.07) is 4.54. The fourth-order valence-corrected chi connectivity index (χ4v) is 1.54. The van der Waals surface area contributed by atoms with E-state index in [-0.39, 0.29) is 5.82 Å². The van der Waals surface area contributed by atoms with Crippen molar-refractivity contribution in [2.24, 2.45) is 0 Å². The molecule has 0 aliphatic rings. The van der Waals surface area contributed by atoms with Gasteiger partial charge < -0.3 is 5.32 Å². The Hall–Kier alpha value is -1.68. The molecular formula is C12H11ClFN3. The first kappa shape index (κ1) is 11.8. The number of aromatic nitrogens is 2. The first-order valence-corrected chi connectivity index (χ1v) is 5.46. The van der Waals surface area contributed by atoms with Crippen molar-refractivity contribution in [1.29, 1.82) is 0 Å². The number of rotatable bonds is 2. The third-order valence-corrected chi connectivity index (χ3v) is 2.86. The maximum absolute atomic E-state index is 13.1. The molecule has 0 saturated carbocycles. The maximum atomic E-state index is 13.1. The highest BCUT2D eigenvalue weighted by Crippen LogP contribution is 2.24. The van der Waals surface area contributed by atoms with Crippen molar-refractivity contribution in [3.63, 3.8) is 0 Å². The predicted molar refractivity (Wildman–Crippen MR) is 66.2 cm³/mol. The molecule has 0 amide bonds. The lowest BCUT2D eigenvalue weighted by molar-refractivity contribution is 0.628. The van der Waals surface area contributed by atoms with Crippen LogP contribution in [-0.2, 0) is 0 Å². The molecule has 1 N–H and O–H groups in total. The molecule has 88 valence electrons. The summed E-state index contributed by atoms with van der Waals surface area (Å²) in [5.41, 5.74) is 2.33. The SMILES string of the molecule is Cc1ccc(F)cc1Nc1ncnc(Cl)c1C. The molecule has 17 heavy (non-hydrogen) atoms. The van der Waals surface area contributed by atoms with Crippen LogP contribution in [0.1, 0.15) is 11.1 Å². The van der Waals surface area contributed by atoms with Crippen molar-refractivity contribution in [3.8, 4) is 0 Å². The van der Waals surface area contributed by atoms with Crippen molar-refractivity contribution in [2.45, 2.75) is 13.8 Å². The largest absolute Gasteiger partial charge is 0.340 e. The van der Waals surface area contributed by atoms with Gasteiger partial charge in [0.25, 0.3) is 0 Å². The average molecular weight is 252 g/mol. The molecule has 3 nitrogen and oxygen atoms in total. The van der Waals surface area contributed by atoms with Crippen LogP contribution in [0.2, 0.25) is 5.15 Å². The maximum Gasteiger partial charge on any atom is 0.138 e. The van der Waals surface area contributed by atoms with Crippen molar-refractivity contribution in [1.82, 2.24) is 9.97 Å². The van der Waals surface area contributed by atoms with Crippen LogP contribution in [0.25, 0.3) is 0 Å². The second-order valence-corrected chi connectivity index (χ2v) is 4.08. The second-order valence-electron chi connectivity index (χ2n) is 3.72. The number of aryl methyl sites for hydroxylation is 1. The Labute approximate surface area is 104 Å². The van der Waals surface area contributed by atoms with Gasteiger partial charge in [0.1, 0.15) is 23.1 Å². The topological polar surface area (TPSA) is 37.8 Å². The van der Waals surface area contributed by atoms with E-state index in [4.69, 9.17) is 11.6 Å². The van der Waals surface area contributed by atoms with Crippen molar-refractivity contribution in [3.05, 3.63) is 46.6 Å². The van der Waals surface area contributed by atoms with Gasteiger partial charge in [-0.2, -0.15) is 0 Å². The Morgan fingerprint density at radius 2 is 2.00 bits per heavy atom. The lowest BCUT2D eigenvalue weighted by atomic mass is 10.2. The molecule has 2 aromatic rings. The Kier molecular flexibility index (Phi) is 3.24. The first-order chi connectivity index (χ1) is 8.08. The van der Waals surface area contributed by atoms with Gasteiger partial charge in [0.05, 0.1) is 0 Å². The summed E-state index contributed by atoms with van der Waals surface area (Å²) in [6.07, 6.45) is 1.37. The monoisotopic (exact) mass is 251 g/mol. The summed E-state index contributed by atoms with van der Waals surface area (Å²) < 4.78 is 13.1. The number of halogens is 2. The van der Waals surface area contributed by atoms with E-state index in [2.05, 4.69) is 15.3 Å². The fraction of sp³-hybridized carbons (Fsp3) is 0.167. The van der Waals surface area contributed by atoms with Gasteiger partial charge in [0.2, 0.25) is 0 Å². The van der Waals surface area contributed by atoms with Crippen molar-refractivity contribution in [2.75, 3.05) is 5.32 Å². The van der Waals surface area contributed by atoms with Gasteiger partial charge in [-0.05, 0) is 31.5 Å². The van der Waals surface area contributed by atoms with E-state index in [9.17, 15) is 4.39 Å². The summed E-state index contributed by atoms with van der Waals surface area (Å²) in [4.78, 5) is 7.94. The van der Waals surface area contributed by atoms with Gasteiger partial charge in [0.15, 0.2) is 0 Å². The number of anilines is 2.